The van der Waals surface area contributed by atoms with Gasteiger partial charge in [0, 0.05) is 22.1 Å². The van der Waals surface area contributed by atoms with E-state index in [-0.39, 0.29) is 39.8 Å². The number of anilines is 1. The minimum atomic E-state index is -4.26. The normalized spacial score (nSPS) is 12.8. The number of aryl methyl sites for hydroxylation is 1. The van der Waals surface area contributed by atoms with Crippen LogP contribution in [0.1, 0.15) is 38.3 Å². The van der Waals surface area contributed by atoms with Gasteiger partial charge in [0.25, 0.3) is 10.0 Å². The molecule has 11 heteroatoms. The van der Waals surface area contributed by atoms with Gasteiger partial charge in [-0.15, -0.1) is 0 Å². The summed E-state index contributed by atoms with van der Waals surface area (Å²) in [5, 5.41) is 3.19. The van der Waals surface area contributed by atoms with Gasteiger partial charge in [0.2, 0.25) is 11.8 Å². The third-order valence-corrected chi connectivity index (χ3v) is 9.21. The van der Waals surface area contributed by atoms with E-state index in [4.69, 9.17) is 16.3 Å². The van der Waals surface area contributed by atoms with Gasteiger partial charge in [0.15, 0.2) is 0 Å². The highest BCUT2D eigenvalue weighted by Crippen LogP contribution is 2.35. The zero-order chi connectivity index (χ0) is 30.3. The molecule has 0 saturated heterocycles. The van der Waals surface area contributed by atoms with Crippen LogP contribution in [0.4, 0.5) is 5.69 Å². The molecule has 0 saturated carbocycles. The van der Waals surface area contributed by atoms with Crippen molar-refractivity contribution >= 4 is 55.1 Å². The number of carbonyl (C=O) groups is 2. The first-order chi connectivity index (χ1) is 19.4. The standard InChI is InChI=1S/C30H35BrClN3O5S/c1-6-21(3)33-30(37)22(4)34(18-23-8-7-9-24(31)16-23)29(36)19-35(27-17-25(32)12-15-28(27)40-5)41(38,39)26-13-10-20(2)11-14-26/h7-17,21-22H,6,18-19H2,1-5H3,(H,33,37)/t21-,22+/m0/s1. The molecular weight excluding hydrogens is 630 g/mol. The van der Waals surface area contributed by atoms with Crippen LogP contribution in [-0.4, -0.2) is 50.9 Å². The predicted molar refractivity (Wildman–Crippen MR) is 166 cm³/mol. The Morgan fingerprint density at radius 2 is 1.73 bits per heavy atom. The number of rotatable bonds is 12. The Balaban J connectivity index is 2.10. The Morgan fingerprint density at radius 3 is 2.34 bits per heavy atom. The Morgan fingerprint density at radius 1 is 1.05 bits per heavy atom. The molecule has 0 aliphatic heterocycles. The Bertz CT molecular complexity index is 1480. The summed E-state index contributed by atoms with van der Waals surface area (Å²) < 4.78 is 35.3. The maximum Gasteiger partial charge on any atom is 0.264 e. The molecule has 3 aromatic carbocycles. The summed E-state index contributed by atoms with van der Waals surface area (Å²) in [6.45, 7) is 6.80. The molecule has 0 aromatic heterocycles. The first-order valence-electron chi connectivity index (χ1n) is 13.1. The first-order valence-corrected chi connectivity index (χ1v) is 15.8. The number of sulfonamides is 1. The van der Waals surface area contributed by atoms with Crippen LogP contribution in [0.25, 0.3) is 0 Å². The Hall–Kier alpha value is -3.08. The van der Waals surface area contributed by atoms with Crippen LogP contribution >= 0.6 is 27.5 Å². The molecule has 3 aromatic rings. The van der Waals surface area contributed by atoms with Crippen molar-refractivity contribution in [3.8, 4) is 5.75 Å². The van der Waals surface area contributed by atoms with Crippen molar-refractivity contribution in [3.63, 3.8) is 0 Å². The van der Waals surface area contributed by atoms with Gasteiger partial charge in [-0.25, -0.2) is 8.42 Å². The van der Waals surface area contributed by atoms with E-state index in [9.17, 15) is 18.0 Å². The fraction of sp³-hybridized carbons (Fsp3) is 0.333. The molecule has 41 heavy (non-hydrogen) atoms. The maximum absolute atomic E-state index is 14.1. The molecule has 2 amide bonds. The summed E-state index contributed by atoms with van der Waals surface area (Å²) in [6, 6.07) is 17.3. The van der Waals surface area contributed by atoms with Crippen LogP contribution in [0.5, 0.6) is 5.75 Å². The summed E-state index contributed by atoms with van der Waals surface area (Å²) in [5.41, 5.74) is 1.76. The molecule has 0 spiro atoms. The van der Waals surface area contributed by atoms with Crippen LogP contribution in [0.15, 0.2) is 76.1 Å². The molecule has 8 nitrogen and oxygen atoms in total. The lowest BCUT2D eigenvalue weighted by Gasteiger charge is -2.33. The Kier molecular flexibility index (Phi) is 11.2. The monoisotopic (exact) mass is 663 g/mol. The van der Waals surface area contributed by atoms with Gasteiger partial charge < -0.3 is 15.0 Å². The number of hydrogen-bond acceptors (Lipinski definition) is 5. The minimum Gasteiger partial charge on any atom is -0.495 e. The molecule has 0 aliphatic carbocycles. The molecule has 0 fully saturated rings. The number of nitrogens with one attached hydrogen (secondary N) is 1. The quantitative estimate of drug-likeness (QED) is 0.258. The summed E-state index contributed by atoms with van der Waals surface area (Å²) in [5.74, 6) is -0.690. The second kappa shape index (κ2) is 14.2. The van der Waals surface area contributed by atoms with Crippen LogP contribution in [0.3, 0.4) is 0 Å². The molecule has 2 atom stereocenters. The van der Waals surface area contributed by atoms with Gasteiger partial charge in [-0.1, -0.05) is 64.3 Å². The molecular formula is C30H35BrClN3O5S. The summed E-state index contributed by atoms with van der Waals surface area (Å²) in [4.78, 5) is 28.7. The number of amides is 2. The second-order valence-electron chi connectivity index (χ2n) is 9.79. The lowest BCUT2D eigenvalue weighted by molar-refractivity contribution is -0.139. The number of halogens is 2. The van der Waals surface area contributed by atoms with Crippen molar-refractivity contribution in [3.05, 3.63) is 87.4 Å². The van der Waals surface area contributed by atoms with Crippen molar-refractivity contribution in [1.82, 2.24) is 10.2 Å². The van der Waals surface area contributed by atoms with E-state index in [1.54, 1.807) is 31.2 Å². The highest BCUT2D eigenvalue weighted by Gasteiger charge is 2.34. The zero-order valence-electron chi connectivity index (χ0n) is 23.7. The predicted octanol–water partition coefficient (Wildman–Crippen LogP) is 5.95. The smallest absolute Gasteiger partial charge is 0.264 e. The molecule has 0 heterocycles. The third-order valence-electron chi connectivity index (χ3n) is 6.71. The maximum atomic E-state index is 14.1. The van der Waals surface area contributed by atoms with E-state index in [1.807, 2.05) is 45.0 Å². The molecule has 220 valence electrons. The van der Waals surface area contributed by atoms with Crippen molar-refractivity contribution in [2.24, 2.45) is 0 Å². The van der Waals surface area contributed by atoms with Gasteiger partial charge in [-0.3, -0.25) is 13.9 Å². The second-order valence-corrected chi connectivity index (χ2v) is 13.0. The van der Waals surface area contributed by atoms with Crippen molar-refractivity contribution in [2.75, 3.05) is 18.0 Å². The first kappa shape index (κ1) is 32.4. The van der Waals surface area contributed by atoms with E-state index >= 15 is 0 Å². The molecule has 1 N–H and O–H groups in total. The summed E-state index contributed by atoms with van der Waals surface area (Å²) >= 11 is 9.73. The number of hydrogen-bond donors (Lipinski definition) is 1. The van der Waals surface area contributed by atoms with Gasteiger partial charge >= 0.3 is 0 Å². The highest BCUT2D eigenvalue weighted by molar-refractivity contribution is 9.10. The molecule has 0 radical (unpaired) electrons. The third kappa shape index (κ3) is 8.24. The molecule has 3 rings (SSSR count). The number of carbonyl (C=O) groups excluding carboxylic acids is 2. The molecule has 0 bridgehead atoms. The lowest BCUT2D eigenvalue weighted by atomic mass is 10.1. The van der Waals surface area contributed by atoms with Crippen molar-refractivity contribution < 1.29 is 22.7 Å². The van der Waals surface area contributed by atoms with Crippen molar-refractivity contribution in [1.29, 1.82) is 0 Å². The van der Waals surface area contributed by atoms with E-state index in [0.29, 0.717) is 0 Å². The summed E-state index contributed by atoms with van der Waals surface area (Å²) in [7, 11) is -2.85. The van der Waals surface area contributed by atoms with E-state index < -0.39 is 28.5 Å². The number of benzene rings is 3. The largest absolute Gasteiger partial charge is 0.495 e. The fourth-order valence-electron chi connectivity index (χ4n) is 4.09. The average molecular weight is 665 g/mol. The van der Waals surface area contributed by atoms with Gasteiger partial charge in [-0.05, 0) is 75.2 Å². The number of nitrogens with zero attached hydrogens (tertiary/aromatic N) is 2. The van der Waals surface area contributed by atoms with E-state index in [2.05, 4.69) is 21.2 Å². The fourth-order valence-corrected chi connectivity index (χ4v) is 6.12. The van der Waals surface area contributed by atoms with Crippen LogP contribution in [0, 0.1) is 6.92 Å². The van der Waals surface area contributed by atoms with Gasteiger partial charge in [0.1, 0.15) is 18.3 Å². The zero-order valence-corrected chi connectivity index (χ0v) is 26.9. The number of ether oxygens (including phenoxy) is 1. The van der Waals surface area contributed by atoms with Crippen molar-refractivity contribution in [2.45, 2.75) is 57.6 Å². The van der Waals surface area contributed by atoms with E-state index in [0.717, 1.165) is 26.3 Å². The SMILES string of the molecule is CC[C@H](C)NC(=O)[C@@H](C)N(Cc1cccc(Br)c1)C(=O)CN(c1cc(Cl)ccc1OC)S(=O)(=O)c1ccc(C)cc1. The van der Waals surface area contributed by atoms with E-state index in [1.165, 1.54) is 30.2 Å². The molecule has 0 aliphatic rings. The highest BCUT2D eigenvalue weighted by atomic mass is 79.9. The van der Waals surface area contributed by atoms with Crippen LogP contribution in [0.2, 0.25) is 5.02 Å². The lowest BCUT2D eigenvalue weighted by Crippen LogP contribution is -2.52. The molecule has 0 unspecified atom stereocenters. The van der Waals surface area contributed by atoms with Crippen LogP contribution < -0.4 is 14.4 Å². The topological polar surface area (TPSA) is 96.0 Å². The summed E-state index contributed by atoms with van der Waals surface area (Å²) in [6.07, 6.45) is 0.717. The average Bonchev–Trinajstić information content (AvgIpc) is 2.94. The number of methoxy groups -OCH3 is 1. The minimum absolute atomic E-state index is 0.000898. The Labute approximate surface area is 255 Å². The van der Waals surface area contributed by atoms with Gasteiger partial charge in [0.05, 0.1) is 17.7 Å². The van der Waals surface area contributed by atoms with Crippen LogP contribution in [-0.2, 0) is 26.2 Å². The van der Waals surface area contributed by atoms with Gasteiger partial charge in [-0.2, -0.15) is 0 Å².